The van der Waals surface area contributed by atoms with Crippen LogP contribution in [0.3, 0.4) is 0 Å². The summed E-state index contributed by atoms with van der Waals surface area (Å²) < 4.78 is 26.8. The van der Waals surface area contributed by atoms with E-state index >= 15 is 0 Å². The average Bonchev–Trinajstić information content (AvgIpc) is 2.82. The third-order valence-corrected chi connectivity index (χ3v) is 5.08. The maximum atomic E-state index is 12.3. The Hall–Kier alpha value is -1.67. The number of pyridine rings is 1. The van der Waals surface area contributed by atoms with E-state index in [2.05, 4.69) is 0 Å². The molecule has 0 saturated carbocycles. The summed E-state index contributed by atoms with van der Waals surface area (Å²) in [5.74, 6) is -1.72. The quantitative estimate of drug-likeness (QED) is 0.806. The highest BCUT2D eigenvalue weighted by atomic mass is 32.2. The monoisotopic (exact) mass is 286 g/mol. The van der Waals surface area contributed by atoms with E-state index in [0.717, 1.165) is 4.31 Å². The Morgan fingerprint density at radius 1 is 1.47 bits per heavy atom. The minimum Gasteiger partial charge on any atom is -0.481 e. The van der Waals surface area contributed by atoms with Gasteiger partial charge in [-0.15, -0.1) is 0 Å². The molecule has 0 amide bonds. The van der Waals surface area contributed by atoms with Crippen LogP contribution in [0.4, 0.5) is 0 Å². The van der Waals surface area contributed by atoms with E-state index in [1.165, 1.54) is 29.9 Å². The standard InChI is InChI=1S/C11H14N2O5S/c1-12-5-2-3-9(10(12)14)19(17,18)13-6-4-8(7-13)11(15)16/h2-3,5,8H,4,6-7H2,1H3,(H,15,16)/t8-/m0/s1. The second-order valence-electron chi connectivity index (χ2n) is 4.48. The highest BCUT2D eigenvalue weighted by Gasteiger charge is 2.36. The number of hydrogen-bond acceptors (Lipinski definition) is 4. The number of rotatable bonds is 3. The lowest BCUT2D eigenvalue weighted by atomic mass is 10.1. The van der Waals surface area contributed by atoms with Gasteiger partial charge in [0.15, 0.2) is 0 Å². The first-order valence-electron chi connectivity index (χ1n) is 5.72. The fourth-order valence-corrected chi connectivity index (χ4v) is 3.67. The van der Waals surface area contributed by atoms with Gasteiger partial charge in [0.1, 0.15) is 4.90 Å². The molecule has 0 aromatic carbocycles. The fraction of sp³-hybridized carbons (Fsp3) is 0.455. The van der Waals surface area contributed by atoms with Crippen molar-refractivity contribution < 1.29 is 18.3 Å². The third-order valence-electron chi connectivity index (χ3n) is 3.21. The van der Waals surface area contributed by atoms with Gasteiger partial charge in [-0.2, -0.15) is 4.31 Å². The smallest absolute Gasteiger partial charge is 0.307 e. The predicted molar refractivity (Wildman–Crippen MR) is 66.2 cm³/mol. The maximum Gasteiger partial charge on any atom is 0.307 e. The van der Waals surface area contributed by atoms with Crippen LogP contribution in [0.25, 0.3) is 0 Å². The van der Waals surface area contributed by atoms with Crippen LogP contribution in [0.1, 0.15) is 6.42 Å². The summed E-state index contributed by atoms with van der Waals surface area (Å²) in [4.78, 5) is 22.4. The van der Waals surface area contributed by atoms with Crippen molar-refractivity contribution in [1.82, 2.24) is 8.87 Å². The molecule has 2 heterocycles. The van der Waals surface area contributed by atoms with Crippen LogP contribution in [-0.4, -0.2) is 41.5 Å². The highest BCUT2D eigenvalue weighted by Crippen LogP contribution is 2.22. The first-order chi connectivity index (χ1) is 8.84. The van der Waals surface area contributed by atoms with Gasteiger partial charge < -0.3 is 9.67 Å². The molecule has 0 unspecified atom stereocenters. The lowest BCUT2D eigenvalue weighted by Crippen LogP contribution is -2.35. The molecule has 1 N–H and O–H groups in total. The predicted octanol–water partition coefficient (Wildman–Crippen LogP) is -0.519. The number of carbonyl (C=O) groups is 1. The molecule has 0 spiro atoms. The summed E-state index contributed by atoms with van der Waals surface area (Å²) in [5, 5.41) is 8.88. The number of aliphatic carboxylic acids is 1. The number of nitrogens with zero attached hydrogens (tertiary/aromatic N) is 2. The molecule has 0 aliphatic carbocycles. The van der Waals surface area contributed by atoms with E-state index in [4.69, 9.17) is 5.11 Å². The minimum absolute atomic E-state index is 0.0876. The molecular formula is C11H14N2O5S. The van der Waals surface area contributed by atoms with E-state index in [-0.39, 0.29) is 24.4 Å². The van der Waals surface area contributed by atoms with Crippen LogP contribution in [0.15, 0.2) is 28.0 Å². The number of aryl methyl sites for hydroxylation is 1. The summed E-state index contributed by atoms with van der Waals surface area (Å²) >= 11 is 0. The minimum atomic E-state index is -3.92. The SMILES string of the molecule is Cn1cccc(S(=O)(=O)N2CC[C@H](C(=O)O)C2)c1=O. The first kappa shape index (κ1) is 13.8. The van der Waals surface area contributed by atoms with Crippen LogP contribution < -0.4 is 5.56 Å². The van der Waals surface area contributed by atoms with Crippen LogP contribution in [-0.2, 0) is 21.9 Å². The summed E-state index contributed by atoms with van der Waals surface area (Å²) in [5.41, 5.74) is -0.610. The van der Waals surface area contributed by atoms with Crippen molar-refractivity contribution in [3.63, 3.8) is 0 Å². The Balaban J connectivity index is 2.37. The van der Waals surface area contributed by atoms with Gasteiger partial charge in [0.05, 0.1) is 5.92 Å². The van der Waals surface area contributed by atoms with E-state index in [1.54, 1.807) is 0 Å². The Morgan fingerprint density at radius 3 is 2.74 bits per heavy atom. The number of sulfonamides is 1. The number of carboxylic acids is 1. The number of hydrogen-bond donors (Lipinski definition) is 1. The molecule has 0 bridgehead atoms. The Labute approximate surface area is 110 Å². The van der Waals surface area contributed by atoms with Gasteiger partial charge in [-0.25, -0.2) is 8.42 Å². The third kappa shape index (κ3) is 2.41. The molecule has 1 aromatic heterocycles. The van der Waals surface area contributed by atoms with Crippen molar-refractivity contribution in [3.8, 4) is 0 Å². The molecular weight excluding hydrogens is 272 g/mol. The van der Waals surface area contributed by atoms with Crippen molar-refractivity contribution in [1.29, 1.82) is 0 Å². The first-order valence-corrected chi connectivity index (χ1v) is 7.16. The largest absolute Gasteiger partial charge is 0.481 e. The van der Waals surface area contributed by atoms with Crippen LogP contribution in [0, 0.1) is 5.92 Å². The van der Waals surface area contributed by atoms with Gasteiger partial charge in [-0.1, -0.05) is 0 Å². The molecule has 1 saturated heterocycles. The molecule has 19 heavy (non-hydrogen) atoms. The summed E-state index contributed by atoms with van der Waals surface area (Å²) in [6, 6.07) is 2.71. The van der Waals surface area contributed by atoms with Crippen molar-refractivity contribution in [2.45, 2.75) is 11.3 Å². The highest BCUT2D eigenvalue weighted by molar-refractivity contribution is 7.89. The zero-order valence-electron chi connectivity index (χ0n) is 10.3. The zero-order chi connectivity index (χ0) is 14.2. The molecule has 1 aromatic rings. The zero-order valence-corrected chi connectivity index (χ0v) is 11.1. The maximum absolute atomic E-state index is 12.3. The van der Waals surface area contributed by atoms with Crippen molar-refractivity contribution in [2.24, 2.45) is 13.0 Å². The van der Waals surface area contributed by atoms with Crippen LogP contribution in [0.5, 0.6) is 0 Å². The Kier molecular flexibility index (Phi) is 3.46. The number of aromatic nitrogens is 1. The van der Waals surface area contributed by atoms with Gasteiger partial charge in [0, 0.05) is 26.3 Å². The number of carboxylic acid groups (broad SMARTS) is 1. The van der Waals surface area contributed by atoms with Gasteiger partial charge in [0.25, 0.3) is 5.56 Å². The molecule has 104 valence electrons. The van der Waals surface area contributed by atoms with Crippen molar-refractivity contribution in [2.75, 3.05) is 13.1 Å². The fourth-order valence-electron chi connectivity index (χ4n) is 2.06. The molecule has 8 heteroatoms. The van der Waals surface area contributed by atoms with Gasteiger partial charge in [-0.3, -0.25) is 9.59 Å². The molecule has 1 atom stereocenters. The van der Waals surface area contributed by atoms with Crippen molar-refractivity contribution in [3.05, 3.63) is 28.7 Å². The van der Waals surface area contributed by atoms with Crippen molar-refractivity contribution >= 4 is 16.0 Å². The van der Waals surface area contributed by atoms with Crippen LogP contribution in [0.2, 0.25) is 0 Å². The Bertz CT molecular complexity index is 664. The summed E-state index contributed by atoms with van der Waals surface area (Å²) in [7, 11) is -2.46. The molecule has 7 nitrogen and oxygen atoms in total. The van der Waals surface area contributed by atoms with E-state index in [1.807, 2.05) is 0 Å². The second kappa shape index (κ2) is 4.78. The van der Waals surface area contributed by atoms with Gasteiger partial charge in [-0.05, 0) is 18.6 Å². The normalized spacial score (nSPS) is 20.6. The molecule has 2 rings (SSSR count). The lowest BCUT2D eigenvalue weighted by Gasteiger charge is -2.15. The van der Waals surface area contributed by atoms with E-state index in [9.17, 15) is 18.0 Å². The second-order valence-corrected chi connectivity index (χ2v) is 6.38. The summed E-state index contributed by atoms with van der Waals surface area (Å²) in [6.45, 7) is 0.0348. The van der Waals surface area contributed by atoms with E-state index < -0.39 is 27.5 Å². The molecule has 1 aliphatic rings. The summed E-state index contributed by atoms with van der Waals surface area (Å²) in [6.07, 6.45) is 1.73. The Morgan fingerprint density at radius 2 is 2.16 bits per heavy atom. The lowest BCUT2D eigenvalue weighted by molar-refractivity contribution is -0.141. The molecule has 0 radical (unpaired) electrons. The van der Waals surface area contributed by atoms with Gasteiger partial charge in [0.2, 0.25) is 10.0 Å². The van der Waals surface area contributed by atoms with Gasteiger partial charge >= 0.3 is 5.97 Å². The molecule has 1 fully saturated rings. The van der Waals surface area contributed by atoms with Crippen LogP contribution >= 0.6 is 0 Å². The average molecular weight is 286 g/mol. The van der Waals surface area contributed by atoms with E-state index in [0.29, 0.717) is 0 Å². The molecule has 1 aliphatic heterocycles. The topological polar surface area (TPSA) is 96.7 Å².